The van der Waals surface area contributed by atoms with Gasteiger partial charge in [0, 0.05) is 5.54 Å². The zero-order valence-corrected chi connectivity index (χ0v) is 9.51. The Morgan fingerprint density at radius 2 is 2.19 bits per heavy atom. The number of nitrogens with two attached hydrogens (primary N) is 1. The van der Waals surface area contributed by atoms with E-state index in [4.69, 9.17) is 10.5 Å². The Morgan fingerprint density at radius 3 is 2.69 bits per heavy atom. The summed E-state index contributed by atoms with van der Waals surface area (Å²) in [5.74, 6) is -0.830. The van der Waals surface area contributed by atoms with Crippen LogP contribution in [0.15, 0.2) is 6.07 Å². The van der Waals surface area contributed by atoms with E-state index in [-0.39, 0.29) is 11.3 Å². The molecule has 88 valence electrons. The molecule has 0 bridgehead atoms. The van der Waals surface area contributed by atoms with Crippen LogP contribution >= 0.6 is 0 Å². The molecular formula is C12H16FNO2. The van der Waals surface area contributed by atoms with Gasteiger partial charge in [-0.05, 0) is 43.4 Å². The van der Waals surface area contributed by atoms with Gasteiger partial charge >= 0.3 is 0 Å². The van der Waals surface area contributed by atoms with Crippen molar-refractivity contribution in [3.8, 4) is 11.5 Å². The molecule has 0 saturated heterocycles. The summed E-state index contributed by atoms with van der Waals surface area (Å²) in [4.78, 5) is 0. The molecule has 0 aromatic heterocycles. The van der Waals surface area contributed by atoms with Gasteiger partial charge in [-0.15, -0.1) is 0 Å². The number of benzene rings is 1. The van der Waals surface area contributed by atoms with Gasteiger partial charge in [0.05, 0.1) is 7.11 Å². The SMILES string of the molecule is COc1c(C)cc(CC2(N)CC2)c(F)c1O. The van der Waals surface area contributed by atoms with Crippen LogP contribution in [0.2, 0.25) is 0 Å². The van der Waals surface area contributed by atoms with Gasteiger partial charge in [-0.1, -0.05) is 0 Å². The van der Waals surface area contributed by atoms with Crippen LogP contribution in [0.25, 0.3) is 0 Å². The number of hydrogen-bond donors (Lipinski definition) is 2. The Kier molecular flexibility index (Phi) is 2.54. The standard InChI is InChI=1S/C12H16FNO2/c1-7-5-8(6-12(14)3-4-12)9(13)10(15)11(7)16-2/h5,15H,3-4,6,14H2,1-2H3. The van der Waals surface area contributed by atoms with Crippen LogP contribution in [0, 0.1) is 12.7 Å². The quantitative estimate of drug-likeness (QED) is 0.825. The molecule has 0 heterocycles. The van der Waals surface area contributed by atoms with Gasteiger partial charge in [-0.25, -0.2) is 4.39 Å². The van der Waals surface area contributed by atoms with Crippen molar-refractivity contribution in [2.75, 3.05) is 7.11 Å². The smallest absolute Gasteiger partial charge is 0.194 e. The van der Waals surface area contributed by atoms with E-state index in [1.54, 1.807) is 13.0 Å². The number of ether oxygens (including phenoxy) is 1. The third-order valence-electron chi connectivity index (χ3n) is 3.09. The van der Waals surface area contributed by atoms with E-state index in [0.717, 1.165) is 18.4 Å². The number of rotatable bonds is 3. The lowest BCUT2D eigenvalue weighted by atomic mass is 10.0. The van der Waals surface area contributed by atoms with E-state index in [2.05, 4.69) is 0 Å². The summed E-state index contributed by atoms with van der Waals surface area (Å²) in [5, 5.41) is 9.64. The summed E-state index contributed by atoms with van der Waals surface area (Å²) in [6, 6.07) is 1.70. The molecule has 16 heavy (non-hydrogen) atoms. The van der Waals surface area contributed by atoms with Gasteiger partial charge < -0.3 is 15.6 Å². The van der Waals surface area contributed by atoms with Crippen molar-refractivity contribution in [3.05, 3.63) is 23.0 Å². The predicted molar refractivity (Wildman–Crippen MR) is 59.2 cm³/mol. The maximum absolute atomic E-state index is 13.8. The number of hydrogen-bond acceptors (Lipinski definition) is 3. The molecule has 0 unspecified atom stereocenters. The first-order valence-corrected chi connectivity index (χ1v) is 5.31. The Morgan fingerprint density at radius 1 is 1.56 bits per heavy atom. The fourth-order valence-corrected chi connectivity index (χ4v) is 1.93. The Balaban J connectivity index is 2.39. The molecule has 3 nitrogen and oxygen atoms in total. The Labute approximate surface area is 94.0 Å². The first-order valence-electron chi connectivity index (χ1n) is 5.31. The van der Waals surface area contributed by atoms with Gasteiger partial charge in [0.1, 0.15) is 0 Å². The summed E-state index contributed by atoms with van der Waals surface area (Å²) in [5.41, 5.74) is 6.86. The minimum atomic E-state index is -0.612. The van der Waals surface area contributed by atoms with Gasteiger partial charge in [-0.3, -0.25) is 0 Å². The van der Waals surface area contributed by atoms with E-state index in [1.165, 1.54) is 7.11 Å². The highest BCUT2D eigenvalue weighted by molar-refractivity contribution is 5.49. The second-order valence-electron chi connectivity index (χ2n) is 4.59. The summed E-state index contributed by atoms with van der Waals surface area (Å²) < 4.78 is 18.7. The molecule has 1 aromatic carbocycles. The second kappa shape index (κ2) is 3.63. The number of halogens is 1. The number of aryl methyl sites for hydroxylation is 1. The lowest BCUT2D eigenvalue weighted by molar-refractivity contribution is 0.352. The third-order valence-corrected chi connectivity index (χ3v) is 3.09. The molecule has 0 atom stereocenters. The molecule has 0 radical (unpaired) electrons. The van der Waals surface area contributed by atoms with E-state index >= 15 is 0 Å². The van der Waals surface area contributed by atoms with Gasteiger partial charge in [0.25, 0.3) is 0 Å². The molecule has 0 spiro atoms. The fraction of sp³-hybridized carbons (Fsp3) is 0.500. The monoisotopic (exact) mass is 225 g/mol. The molecule has 1 aliphatic rings. The molecule has 0 amide bonds. The van der Waals surface area contributed by atoms with E-state index < -0.39 is 11.6 Å². The van der Waals surface area contributed by atoms with Crippen LogP contribution in [0.1, 0.15) is 24.0 Å². The Bertz CT molecular complexity index is 428. The highest BCUT2D eigenvalue weighted by Crippen LogP contribution is 2.40. The van der Waals surface area contributed by atoms with E-state index in [1.807, 2.05) is 0 Å². The van der Waals surface area contributed by atoms with Gasteiger partial charge in [-0.2, -0.15) is 0 Å². The molecular weight excluding hydrogens is 209 g/mol. The summed E-state index contributed by atoms with van der Waals surface area (Å²) in [6.07, 6.45) is 2.30. The molecule has 2 rings (SSSR count). The van der Waals surface area contributed by atoms with Crippen molar-refractivity contribution in [2.24, 2.45) is 5.73 Å². The van der Waals surface area contributed by atoms with Crippen molar-refractivity contribution in [3.63, 3.8) is 0 Å². The number of phenolic OH excluding ortho intramolecular Hbond substituents is 1. The van der Waals surface area contributed by atoms with Crippen molar-refractivity contribution in [1.29, 1.82) is 0 Å². The highest BCUT2D eigenvalue weighted by atomic mass is 19.1. The maximum Gasteiger partial charge on any atom is 0.194 e. The number of methoxy groups -OCH3 is 1. The molecule has 1 aliphatic carbocycles. The Hall–Kier alpha value is -1.29. The molecule has 3 N–H and O–H groups in total. The van der Waals surface area contributed by atoms with Crippen LogP contribution in [0.5, 0.6) is 11.5 Å². The van der Waals surface area contributed by atoms with Crippen molar-refractivity contribution < 1.29 is 14.2 Å². The molecule has 1 aromatic rings. The summed E-state index contributed by atoms with van der Waals surface area (Å²) >= 11 is 0. The number of phenols is 1. The van der Waals surface area contributed by atoms with Crippen LogP contribution in [0.4, 0.5) is 4.39 Å². The number of aromatic hydroxyl groups is 1. The zero-order chi connectivity index (χ0) is 11.9. The molecule has 1 saturated carbocycles. The lowest BCUT2D eigenvalue weighted by Gasteiger charge is -2.14. The minimum Gasteiger partial charge on any atom is -0.502 e. The van der Waals surface area contributed by atoms with E-state index in [9.17, 15) is 9.50 Å². The highest BCUT2D eigenvalue weighted by Gasteiger charge is 2.39. The van der Waals surface area contributed by atoms with E-state index in [0.29, 0.717) is 12.0 Å². The van der Waals surface area contributed by atoms with Crippen molar-refractivity contribution in [1.82, 2.24) is 0 Å². The molecule has 4 heteroatoms. The maximum atomic E-state index is 13.8. The minimum absolute atomic E-state index is 0.197. The predicted octanol–water partition coefficient (Wildman–Crippen LogP) is 1.88. The molecule has 0 aliphatic heterocycles. The fourth-order valence-electron chi connectivity index (χ4n) is 1.93. The average molecular weight is 225 g/mol. The third kappa shape index (κ3) is 1.85. The first kappa shape index (κ1) is 11.2. The summed E-state index contributed by atoms with van der Waals surface area (Å²) in [7, 11) is 1.41. The first-order chi connectivity index (χ1) is 7.47. The second-order valence-corrected chi connectivity index (χ2v) is 4.59. The average Bonchev–Trinajstić information content (AvgIpc) is 2.93. The zero-order valence-electron chi connectivity index (χ0n) is 9.51. The van der Waals surface area contributed by atoms with Crippen molar-refractivity contribution >= 4 is 0 Å². The van der Waals surface area contributed by atoms with Crippen LogP contribution in [0.3, 0.4) is 0 Å². The largest absolute Gasteiger partial charge is 0.502 e. The van der Waals surface area contributed by atoms with Crippen LogP contribution in [-0.2, 0) is 6.42 Å². The van der Waals surface area contributed by atoms with Crippen LogP contribution < -0.4 is 10.5 Å². The lowest BCUT2D eigenvalue weighted by Crippen LogP contribution is -2.25. The van der Waals surface area contributed by atoms with Crippen LogP contribution in [-0.4, -0.2) is 17.8 Å². The van der Waals surface area contributed by atoms with Gasteiger partial charge in [0.15, 0.2) is 17.3 Å². The summed E-state index contributed by atoms with van der Waals surface area (Å²) in [6.45, 7) is 1.78. The normalized spacial score (nSPS) is 17.2. The topological polar surface area (TPSA) is 55.5 Å². The molecule has 1 fully saturated rings. The van der Waals surface area contributed by atoms with Gasteiger partial charge in [0.2, 0.25) is 0 Å². The van der Waals surface area contributed by atoms with Crippen molar-refractivity contribution in [2.45, 2.75) is 31.7 Å².